The summed E-state index contributed by atoms with van der Waals surface area (Å²) in [7, 11) is 1.17. The lowest BCUT2D eigenvalue weighted by atomic mass is 9.89. The highest BCUT2D eigenvalue weighted by atomic mass is 16.5. The largest absolute Gasteiger partial charge is 0.462 e. The molecule has 0 aliphatic rings. The minimum atomic E-state index is -0.887. The van der Waals surface area contributed by atoms with E-state index in [1.165, 1.54) is 7.11 Å². The quantitative estimate of drug-likeness (QED) is 0.618. The topological polar surface area (TPSA) is 68.3 Å². The van der Waals surface area contributed by atoms with Crippen molar-refractivity contribution in [1.29, 1.82) is 0 Å². The van der Waals surface area contributed by atoms with Crippen molar-refractivity contribution in [1.82, 2.24) is 10.3 Å². The van der Waals surface area contributed by atoms with Crippen LogP contribution in [0.4, 0.5) is 0 Å². The van der Waals surface area contributed by atoms with Crippen LogP contribution in [0.25, 0.3) is 0 Å². The number of hydrogen-bond acceptors (Lipinski definition) is 4. The molecule has 0 radical (unpaired) electrons. The van der Waals surface area contributed by atoms with Gasteiger partial charge in [0.25, 0.3) is 0 Å². The first-order valence-corrected chi connectivity index (χ1v) is 5.25. The zero-order valence-corrected chi connectivity index (χ0v) is 10.2. The number of amides is 1. The second kappa shape index (κ2) is 5.43. The third-order valence-corrected chi connectivity index (χ3v) is 2.42. The van der Waals surface area contributed by atoms with Gasteiger partial charge in [-0.25, -0.2) is 4.79 Å². The lowest BCUT2D eigenvalue weighted by Gasteiger charge is -2.23. The minimum absolute atomic E-state index is 0.317. The highest BCUT2D eigenvalue weighted by molar-refractivity contribution is 6.32. The van der Waals surface area contributed by atoms with Crippen LogP contribution in [0, 0.1) is 0 Å². The molecule has 1 rings (SSSR count). The van der Waals surface area contributed by atoms with Gasteiger partial charge in [-0.3, -0.25) is 9.78 Å². The smallest absolute Gasteiger partial charge is 0.396 e. The van der Waals surface area contributed by atoms with Crippen LogP contribution in [0.5, 0.6) is 0 Å². The molecule has 0 fully saturated rings. The molecular formula is C12H16N2O3. The lowest BCUT2D eigenvalue weighted by molar-refractivity contribution is -0.152. The number of ether oxygens (including phenoxy) is 1. The number of aromatic nitrogens is 1. The monoisotopic (exact) mass is 236 g/mol. The van der Waals surface area contributed by atoms with Gasteiger partial charge in [0.15, 0.2) is 0 Å². The zero-order chi connectivity index (χ0) is 12.9. The van der Waals surface area contributed by atoms with Crippen LogP contribution in [-0.2, 0) is 19.7 Å². The third-order valence-electron chi connectivity index (χ3n) is 2.42. The standard InChI is InChI=1S/C12H16N2O3/c1-12(2,9-6-4-5-7-13-9)8-14-10(15)11(16)17-3/h4-7H,8H2,1-3H3,(H,14,15). The summed E-state index contributed by atoms with van der Waals surface area (Å²) in [5, 5.41) is 2.52. The first-order valence-electron chi connectivity index (χ1n) is 5.25. The van der Waals surface area contributed by atoms with Gasteiger partial charge >= 0.3 is 11.9 Å². The van der Waals surface area contributed by atoms with Gasteiger partial charge in [-0.15, -0.1) is 0 Å². The molecule has 17 heavy (non-hydrogen) atoms. The Kier molecular flexibility index (Phi) is 4.20. The summed E-state index contributed by atoms with van der Waals surface area (Å²) < 4.78 is 4.32. The average molecular weight is 236 g/mol. The van der Waals surface area contributed by atoms with Crippen LogP contribution in [0.15, 0.2) is 24.4 Å². The fourth-order valence-corrected chi connectivity index (χ4v) is 1.32. The van der Waals surface area contributed by atoms with Crippen LogP contribution >= 0.6 is 0 Å². The maximum Gasteiger partial charge on any atom is 0.396 e. The maximum absolute atomic E-state index is 11.2. The molecule has 0 aliphatic heterocycles. The number of nitrogens with zero attached hydrogens (tertiary/aromatic N) is 1. The first-order chi connectivity index (χ1) is 7.97. The van der Waals surface area contributed by atoms with E-state index in [4.69, 9.17) is 0 Å². The third kappa shape index (κ3) is 3.55. The van der Waals surface area contributed by atoms with E-state index < -0.39 is 11.9 Å². The SMILES string of the molecule is COC(=O)C(=O)NCC(C)(C)c1ccccn1. The van der Waals surface area contributed by atoms with E-state index in [1.54, 1.807) is 6.20 Å². The van der Waals surface area contributed by atoms with Crippen molar-refractivity contribution in [2.45, 2.75) is 19.3 Å². The molecule has 0 spiro atoms. The van der Waals surface area contributed by atoms with Gasteiger partial charge in [-0.05, 0) is 12.1 Å². The average Bonchev–Trinajstić information content (AvgIpc) is 2.36. The van der Waals surface area contributed by atoms with E-state index in [1.807, 2.05) is 32.0 Å². The summed E-state index contributed by atoms with van der Waals surface area (Å²) in [6.45, 7) is 4.19. The molecule has 0 saturated heterocycles. The van der Waals surface area contributed by atoms with Crippen LogP contribution < -0.4 is 5.32 Å². The highest BCUT2D eigenvalue weighted by Gasteiger charge is 2.24. The predicted octanol–water partition coefficient (Wildman–Crippen LogP) is 0.648. The second-order valence-corrected chi connectivity index (χ2v) is 4.27. The Morgan fingerprint density at radius 1 is 1.41 bits per heavy atom. The van der Waals surface area contributed by atoms with E-state index in [0.29, 0.717) is 6.54 Å². The predicted molar refractivity (Wildman–Crippen MR) is 62.3 cm³/mol. The second-order valence-electron chi connectivity index (χ2n) is 4.27. The molecule has 0 bridgehead atoms. The maximum atomic E-state index is 11.2. The van der Waals surface area contributed by atoms with Crippen LogP contribution in [0.1, 0.15) is 19.5 Å². The van der Waals surface area contributed by atoms with Crippen LogP contribution in [-0.4, -0.2) is 30.5 Å². The number of carbonyl (C=O) groups is 2. The van der Waals surface area contributed by atoms with Crippen molar-refractivity contribution in [3.8, 4) is 0 Å². The Labute approximate surface area is 100 Å². The molecule has 5 heteroatoms. The number of nitrogens with one attached hydrogen (secondary N) is 1. The number of pyridine rings is 1. The van der Waals surface area contributed by atoms with Gasteiger partial charge in [0.2, 0.25) is 0 Å². The van der Waals surface area contributed by atoms with E-state index in [2.05, 4.69) is 15.0 Å². The van der Waals surface area contributed by atoms with Crippen molar-refractivity contribution < 1.29 is 14.3 Å². The molecule has 0 aromatic carbocycles. The van der Waals surface area contributed by atoms with Crippen molar-refractivity contribution in [2.24, 2.45) is 0 Å². The summed E-state index contributed by atoms with van der Waals surface area (Å²) in [6.07, 6.45) is 1.69. The Hall–Kier alpha value is -1.91. The van der Waals surface area contributed by atoms with Crippen LogP contribution in [0.2, 0.25) is 0 Å². The molecule has 1 aromatic heterocycles. The van der Waals surface area contributed by atoms with Crippen molar-refractivity contribution >= 4 is 11.9 Å². The van der Waals surface area contributed by atoms with Crippen LogP contribution in [0.3, 0.4) is 0 Å². The summed E-state index contributed by atoms with van der Waals surface area (Å²) in [5.41, 5.74) is 0.510. The molecule has 0 saturated carbocycles. The Bertz CT molecular complexity index is 401. The number of rotatable bonds is 3. The molecule has 1 aromatic rings. The molecule has 0 atom stereocenters. The number of methoxy groups -OCH3 is 1. The van der Waals surface area contributed by atoms with Gasteiger partial charge in [0.05, 0.1) is 7.11 Å². The number of hydrogen-bond donors (Lipinski definition) is 1. The van der Waals surface area contributed by atoms with Gasteiger partial charge in [-0.2, -0.15) is 0 Å². The van der Waals surface area contributed by atoms with E-state index >= 15 is 0 Å². The normalized spacial score (nSPS) is 10.8. The lowest BCUT2D eigenvalue weighted by Crippen LogP contribution is -2.40. The number of carbonyl (C=O) groups excluding carboxylic acids is 2. The van der Waals surface area contributed by atoms with Gasteiger partial charge < -0.3 is 10.1 Å². The fourth-order valence-electron chi connectivity index (χ4n) is 1.32. The van der Waals surface area contributed by atoms with Crippen molar-refractivity contribution in [3.05, 3.63) is 30.1 Å². The van der Waals surface area contributed by atoms with Crippen molar-refractivity contribution in [2.75, 3.05) is 13.7 Å². The minimum Gasteiger partial charge on any atom is -0.462 e. The summed E-state index contributed by atoms with van der Waals surface area (Å²) >= 11 is 0. The first kappa shape index (κ1) is 13.2. The molecule has 0 unspecified atom stereocenters. The Morgan fingerprint density at radius 3 is 2.65 bits per heavy atom. The zero-order valence-electron chi connectivity index (χ0n) is 10.2. The van der Waals surface area contributed by atoms with E-state index in [9.17, 15) is 9.59 Å². The Balaban J connectivity index is 2.62. The summed E-state index contributed by atoms with van der Waals surface area (Å²) in [5.74, 6) is -1.63. The fraction of sp³-hybridized carbons (Fsp3) is 0.417. The molecule has 1 N–H and O–H groups in total. The molecule has 5 nitrogen and oxygen atoms in total. The molecule has 1 amide bonds. The van der Waals surface area contributed by atoms with Gasteiger partial charge in [0.1, 0.15) is 0 Å². The Morgan fingerprint density at radius 2 is 2.12 bits per heavy atom. The molecule has 1 heterocycles. The summed E-state index contributed by atoms with van der Waals surface area (Å²) in [6, 6.07) is 5.59. The summed E-state index contributed by atoms with van der Waals surface area (Å²) in [4.78, 5) is 26.4. The van der Waals surface area contributed by atoms with Gasteiger partial charge in [-0.1, -0.05) is 19.9 Å². The van der Waals surface area contributed by atoms with Crippen molar-refractivity contribution in [3.63, 3.8) is 0 Å². The van der Waals surface area contributed by atoms with E-state index in [-0.39, 0.29) is 5.41 Å². The van der Waals surface area contributed by atoms with Gasteiger partial charge in [0, 0.05) is 23.9 Å². The molecule has 0 aliphatic carbocycles. The number of esters is 1. The molecular weight excluding hydrogens is 220 g/mol. The molecule has 92 valence electrons. The van der Waals surface area contributed by atoms with E-state index in [0.717, 1.165) is 5.69 Å². The highest BCUT2D eigenvalue weighted by Crippen LogP contribution is 2.19.